The minimum absolute atomic E-state index is 0.0577. The highest BCUT2D eigenvalue weighted by molar-refractivity contribution is 6.30. The van der Waals surface area contributed by atoms with Gasteiger partial charge in [0.2, 0.25) is 0 Å². The average molecular weight is 239 g/mol. The van der Waals surface area contributed by atoms with Gasteiger partial charge in [-0.05, 0) is 30.3 Å². The zero-order chi connectivity index (χ0) is 11.5. The third-order valence-electron chi connectivity index (χ3n) is 1.95. The van der Waals surface area contributed by atoms with Gasteiger partial charge in [0.25, 0.3) is 0 Å². The Kier molecular flexibility index (Phi) is 2.97. The van der Waals surface area contributed by atoms with Crippen molar-refractivity contribution in [2.24, 2.45) is 0 Å². The van der Waals surface area contributed by atoms with Gasteiger partial charge in [-0.1, -0.05) is 17.7 Å². The lowest BCUT2D eigenvalue weighted by Gasteiger charge is -2.07. The first kappa shape index (κ1) is 10.8. The van der Waals surface area contributed by atoms with Crippen LogP contribution in [-0.2, 0) is 0 Å². The summed E-state index contributed by atoms with van der Waals surface area (Å²) in [5.41, 5.74) is 0. The van der Waals surface area contributed by atoms with Crippen LogP contribution in [0, 0.1) is 5.82 Å². The first-order chi connectivity index (χ1) is 7.65. The second-order valence-electron chi connectivity index (χ2n) is 3.17. The highest BCUT2D eigenvalue weighted by atomic mass is 35.5. The highest BCUT2D eigenvalue weighted by Crippen LogP contribution is 2.31. The Labute approximate surface area is 96.9 Å². The van der Waals surface area contributed by atoms with Gasteiger partial charge in [-0.3, -0.25) is 0 Å². The fraction of sp³-hybridized carbons (Fsp3) is 0. The zero-order valence-electron chi connectivity index (χ0n) is 8.15. The van der Waals surface area contributed by atoms with Crippen LogP contribution in [0.1, 0.15) is 0 Å². The lowest BCUT2D eigenvalue weighted by molar-refractivity contribution is 0.407. The summed E-state index contributed by atoms with van der Waals surface area (Å²) in [6.07, 6.45) is 0. The molecule has 0 aliphatic heterocycles. The molecule has 0 aliphatic rings. The van der Waals surface area contributed by atoms with E-state index in [0.717, 1.165) is 12.1 Å². The molecule has 0 radical (unpaired) electrons. The van der Waals surface area contributed by atoms with E-state index in [1.165, 1.54) is 6.07 Å². The number of hydrogen-bond donors (Lipinski definition) is 1. The molecule has 0 atom stereocenters. The molecule has 2 nitrogen and oxygen atoms in total. The lowest BCUT2D eigenvalue weighted by Crippen LogP contribution is -1.86. The summed E-state index contributed by atoms with van der Waals surface area (Å²) in [7, 11) is 0. The predicted octanol–water partition coefficient (Wildman–Crippen LogP) is 3.98. The number of benzene rings is 2. The van der Waals surface area contributed by atoms with Crippen LogP contribution in [-0.4, -0.2) is 5.11 Å². The SMILES string of the molecule is Oc1ccc(F)cc1Oc1cccc(Cl)c1. The summed E-state index contributed by atoms with van der Waals surface area (Å²) >= 11 is 5.77. The third-order valence-corrected chi connectivity index (χ3v) is 2.18. The number of aromatic hydroxyl groups is 1. The maximum Gasteiger partial charge on any atom is 0.171 e. The molecule has 2 aromatic carbocycles. The number of hydrogen-bond acceptors (Lipinski definition) is 2. The maximum absolute atomic E-state index is 12.9. The normalized spacial score (nSPS) is 10.1. The van der Waals surface area contributed by atoms with Crippen LogP contribution >= 0.6 is 11.6 Å². The Balaban J connectivity index is 2.30. The topological polar surface area (TPSA) is 29.5 Å². The molecule has 0 aliphatic carbocycles. The van der Waals surface area contributed by atoms with Gasteiger partial charge in [0.1, 0.15) is 11.6 Å². The summed E-state index contributed by atoms with van der Waals surface area (Å²) in [5, 5.41) is 9.95. The van der Waals surface area contributed by atoms with Crippen molar-refractivity contribution >= 4 is 11.6 Å². The van der Waals surface area contributed by atoms with Crippen LogP contribution in [0.2, 0.25) is 5.02 Å². The Morgan fingerprint density at radius 1 is 1.12 bits per heavy atom. The molecule has 0 bridgehead atoms. The van der Waals surface area contributed by atoms with E-state index in [9.17, 15) is 9.50 Å². The van der Waals surface area contributed by atoms with E-state index in [1.807, 2.05) is 0 Å². The van der Waals surface area contributed by atoms with E-state index in [1.54, 1.807) is 24.3 Å². The summed E-state index contributed by atoms with van der Waals surface area (Å²) < 4.78 is 18.2. The molecule has 2 rings (SSSR count). The van der Waals surface area contributed by atoms with Gasteiger partial charge in [-0.25, -0.2) is 4.39 Å². The van der Waals surface area contributed by atoms with E-state index in [2.05, 4.69) is 0 Å². The van der Waals surface area contributed by atoms with Crippen molar-refractivity contribution in [3.63, 3.8) is 0 Å². The van der Waals surface area contributed by atoms with E-state index in [0.29, 0.717) is 10.8 Å². The van der Waals surface area contributed by atoms with Crippen molar-refractivity contribution in [2.45, 2.75) is 0 Å². The second-order valence-corrected chi connectivity index (χ2v) is 3.61. The van der Waals surface area contributed by atoms with Gasteiger partial charge in [-0.2, -0.15) is 0 Å². The fourth-order valence-corrected chi connectivity index (χ4v) is 1.41. The van der Waals surface area contributed by atoms with Crippen LogP contribution in [0.15, 0.2) is 42.5 Å². The number of phenols is 1. The summed E-state index contributed by atoms with van der Waals surface area (Å²) in [6.45, 7) is 0. The van der Waals surface area contributed by atoms with Crippen LogP contribution in [0.4, 0.5) is 4.39 Å². The van der Waals surface area contributed by atoms with E-state index in [-0.39, 0.29) is 11.5 Å². The fourth-order valence-electron chi connectivity index (χ4n) is 1.23. The number of rotatable bonds is 2. The molecule has 0 fully saturated rings. The smallest absolute Gasteiger partial charge is 0.171 e. The number of ether oxygens (including phenoxy) is 1. The van der Waals surface area contributed by atoms with Gasteiger partial charge >= 0.3 is 0 Å². The predicted molar refractivity (Wildman–Crippen MR) is 59.6 cm³/mol. The average Bonchev–Trinajstić information content (AvgIpc) is 2.24. The van der Waals surface area contributed by atoms with Crippen molar-refractivity contribution in [3.05, 3.63) is 53.3 Å². The van der Waals surface area contributed by atoms with Crippen LogP contribution < -0.4 is 4.74 Å². The molecule has 1 N–H and O–H groups in total. The first-order valence-electron chi connectivity index (χ1n) is 4.57. The van der Waals surface area contributed by atoms with Crippen molar-refractivity contribution in [2.75, 3.05) is 0 Å². The van der Waals surface area contributed by atoms with Crippen molar-refractivity contribution in [1.82, 2.24) is 0 Å². The molecule has 0 heterocycles. The molecular formula is C12H8ClFO2. The lowest BCUT2D eigenvalue weighted by atomic mass is 10.3. The third kappa shape index (κ3) is 2.44. The largest absolute Gasteiger partial charge is 0.504 e. The monoisotopic (exact) mass is 238 g/mol. The molecule has 4 heteroatoms. The maximum atomic E-state index is 12.9. The molecule has 0 saturated heterocycles. The van der Waals surface area contributed by atoms with Gasteiger partial charge in [-0.15, -0.1) is 0 Å². The van der Waals surface area contributed by atoms with Gasteiger partial charge in [0.15, 0.2) is 11.5 Å². The molecule has 0 saturated carbocycles. The highest BCUT2D eigenvalue weighted by Gasteiger charge is 2.05. The van der Waals surface area contributed by atoms with Gasteiger partial charge < -0.3 is 9.84 Å². The summed E-state index contributed by atoms with van der Waals surface area (Å²) in [6, 6.07) is 10.1. The second kappa shape index (κ2) is 4.41. The number of phenolic OH excluding ortho intramolecular Hbond substituents is 1. The molecular weight excluding hydrogens is 231 g/mol. The number of halogens is 2. The Bertz CT molecular complexity index is 514. The molecule has 16 heavy (non-hydrogen) atoms. The summed E-state index contributed by atoms with van der Waals surface area (Å²) in [5.74, 6) is -0.105. The summed E-state index contributed by atoms with van der Waals surface area (Å²) in [4.78, 5) is 0. The molecule has 0 aromatic heterocycles. The van der Waals surface area contributed by atoms with Gasteiger partial charge in [0, 0.05) is 11.1 Å². The van der Waals surface area contributed by atoms with E-state index in [4.69, 9.17) is 16.3 Å². The molecule has 0 unspecified atom stereocenters. The van der Waals surface area contributed by atoms with Crippen molar-refractivity contribution < 1.29 is 14.2 Å². The first-order valence-corrected chi connectivity index (χ1v) is 4.95. The standard InChI is InChI=1S/C12H8ClFO2/c13-8-2-1-3-10(6-8)16-12-7-9(14)4-5-11(12)15/h1-7,15H. The van der Waals surface area contributed by atoms with Crippen molar-refractivity contribution in [1.29, 1.82) is 0 Å². The molecule has 2 aromatic rings. The Morgan fingerprint density at radius 3 is 2.69 bits per heavy atom. The Hall–Kier alpha value is -1.74. The molecule has 0 amide bonds. The van der Waals surface area contributed by atoms with Crippen LogP contribution in [0.5, 0.6) is 17.2 Å². The quantitative estimate of drug-likeness (QED) is 0.858. The minimum atomic E-state index is -0.477. The van der Waals surface area contributed by atoms with E-state index >= 15 is 0 Å². The zero-order valence-corrected chi connectivity index (χ0v) is 8.91. The Morgan fingerprint density at radius 2 is 1.94 bits per heavy atom. The van der Waals surface area contributed by atoms with Gasteiger partial charge in [0.05, 0.1) is 0 Å². The molecule has 0 spiro atoms. The minimum Gasteiger partial charge on any atom is -0.504 e. The van der Waals surface area contributed by atoms with Crippen LogP contribution in [0.3, 0.4) is 0 Å². The van der Waals surface area contributed by atoms with E-state index < -0.39 is 5.82 Å². The molecule has 82 valence electrons. The van der Waals surface area contributed by atoms with Crippen LogP contribution in [0.25, 0.3) is 0 Å². The van der Waals surface area contributed by atoms with Crippen molar-refractivity contribution in [3.8, 4) is 17.2 Å².